The third-order valence-electron chi connectivity index (χ3n) is 3.12. The Morgan fingerprint density at radius 3 is 2.81 bits per heavy atom. The molecule has 3 rings (SSSR count). The number of nitrogens with zero attached hydrogens (tertiary/aromatic N) is 2. The summed E-state index contributed by atoms with van der Waals surface area (Å²) in [5, 5.41) is 4.38. The van der Waals surface area contributed by atoms with E-state index < -0.39 is 6.17 Å². The van der Waals surface area contributed by atoms with E-state index in [4.69, 9.17) is 0 Å². The van der Waals surface area contributed by atoms with Gasteiger partial charge in [-0.1, -0.05) is 30.3 Å². The second-order valence-electron chi connectivity index (χ2n) is 4.28. The van der Waals surface area contributed by atoms with Gasteiger partial charge in [-0.25, -0.2) is 4.39 Å². The Labute approximate surface area is 93.7 Å². The van der Waals surface area contributed by atoms with E-state index in [1.807, 2.05) is 48.0 Å². The minimum atomic E-state index is -0.883. The summed E-state index contributed by atoms with van der Waals surface area (Å²) in [6.45, 7) is 1.90. The molecule has 0 fully saturated rings. The van der Waals surface area contributed by atoms with E-state index in [-0.39, 0.29) is 6.04 Å². The van der Waals surface area contributed by atoms with Crippen LogP contribution >= 0.6 is 0 Å². The largest absolute Gasteiger partial charge is 0.259 e. The van der Waals surface area contributed by atoms with Crippen molar-refractivity contribution in [2.24, 2.45) is 0 Å². The van der Waals surface area contributed by atoms with Crippen molar-refractivity contribution in [3.05, 3.63) is 53.3 Å². The van der Waals surface area contributed by atoms with Gasteiger partial charge in [0.25, 0.3) is 0 Å². The summed E-state index contributed by atoms with van der Waals surface area (Å²) >= 11 is 0. The molecule has 0 saturated heterocycles. The average molecular weight is 216 g/mol. The average Bonchev–Trinajstić information content (AvgIpc) is 2.80. The Hall–Kier alpha value is -1.64. The number of alkyl halides is 1. The third-order valence-corrected chi connectivity index (χ3v) is 3.12. The first-order valence-electron chi connectivity index (χ1n) is 5.51. The normalized spacial score (nSPS) is 23.4. The molecule has 0 amide bonds. The van der Waals surface area contributed by atoms with Crippen molar-refractivity contribution < 1.29 is 4.39 Å². The zero-order valence-corrected chi connectivity index (χ0v) is 9.10. The molecule has 1 aliphatic heterocycles. The smallest absolute Gasteiger partial charge is 0.144 e. The molecule has 1 aliphatic rings. The summed E-state index contributed by atoms with van der Waals surface area (Å²) in [4.78, 5) is 0. The molecule has 0 saturated carbocycles. The number of benzene rings is 1. The minimum Gasteiger partial charge on any atom is -0.259 e. The van der Waals surface area contributed by atoms with Gasteiger partial charge in [0, 0.05) is 6.42 Å². The quantitative estimate of drug-likeness (QED) is 0.715. The minimum absolute atomic E-state index is 0.0555. The fraction of sp³-hybridized carbons (Fsp3) is 0.308. The summed E-state index contributed by atoms with van der Waals surface area (Å²) in [6.07, 6.45) is -0.376. The highest BCUT2D eigenvalue weighted by atomic mass is 19.1. The standard InChI is InChI=1S/C13H13FN2/c1-9-7-13-11(14)8-12(16(13)15-9)10-5-3-2-4-6-10/h2-7,11-12H,8H2,1H3. The maximum Gasteiger partial charge on any atom is 0.144 e. The number of aromatic nitrogens is 2. The van der Waals surface area contributed by atoms with E-state index >= 15 is 0 Å². The Kier molecular flexibility index (Phi) is 2.06. The molecule has 2 aromatic rings. The fourth-order valence-electron chi connectivity index (χ4n) is 2.39. The number of aryl methyl sites for hydroxylation is 1. The van der Waals surface area contributed by atoms with Crippen molar-refractivity contribution >= 4 is 0 Å². The van der Waals surface area contributed by atoms with Gasteiger partial charge in [-0.05, 0) is 18.6 Å². The van der Waals surface area contributed by atoms with Crippen molar-refractivity contribution in [2.75, 3.05) is 0 Å². The van der Waals surface area contributed by atoms with Gasteiger partial charge in [0.1, 0.15) is 6.17 Å². The highest BCUT2D eigenvalue weighted by Crippen LogP contribution is 2.40. The number of hydrogen-bond donors (Lipinski definition) is 0. The van der Waals surface area contributed by atoms with E-state index in [2.05, 4.69) is 5.10 Å². The number of rotatable bonds is 1. The second kappa shape index (κ2) is 3.44. The number of fused-ring (bicyclic) bond motifs is 1. The molecule has 1 aromatic heterocycles. The van der Waals surface area contributed by atoms with E-state index in [0.29, 0.717) is 12.1 Å². The highest BCUT2D eigenvalue weighted by Gasteiger charge is 2.32. The highest BCUT2D eigenvalue weighted by molar-refractivity contribution is 5.26. The first kappa shape index (κ1) is 9.58. The van der Waals surface area contributed by atoms with Crippen LogP contribution in [0.4, 0.5) is 4.39 Å². The van der Waals surface area contributed by atoms with Gasteiger partial charge in [-0.15, -0.1) is 0 Å². The molecule has 1 aromatic carbocycles. The lowest BCUT2D eigenvalue weighted by Crippen LogP contribution is -2.07. The van der Waals surface area contributed by atoms with Crippen LogP contribution in [-0.2, 0) is 0 Å². The lowest BCUT2D eigenvalue weighted by molar-refractivity contribution is 0.334. The van der Waals surface area contributed by atoms with Crippen molar-refractivity contribution in [1.29, 1.82) is 0 Å². The molecular formula is C13H13FN2. The lowest BCUT2D eigenvalue weighted by Gasteiger charge is -2.11. The molecule has 0 aliphatic carbocycles. The van der Waals surface area contributed by atoms with Gasteiger partial charge in [-0.3, -0.25) is 4.68 Å². The Morgan fingerprint density at radius 1 is 1.31 bits per heavy atom. The molecule has 0 spiro atoms. The monoisotopic (exact) mass is 216 g/mol. The second-order valence-corrected chi connectivity index (χ2v) is 4.28. The molecule has 2 heterocycles. The van der Waals surface area contributed by atoms with Crippen LogP contribution in [0.3, 0.4) is 0 Å². The molecule has 82 valence electrons. The fourth-order valence-corrected chi connectivity index (χ4v) is 2.39. The molecule has 3 heteroatoms. The van der Waals surface area contributed by atoms with Crippen LogP contribution < -0.4 is 0 Å². The Bertz CT molecular complexity index is 504. The Balaban J connectivity index is 2.06. The third kappa shape index (κ3) is 1.35. The van der Waals surface area contributed by atoms with Crippen LogP contribution in [0.1, 0.15) is 35.6 Å². The van der Waals surface area contributed by atoms with E-state index in [1.54, 1.807) is 0 Å². The first-order chi connectivity index (χ1) is 7.75. The van der Waals surface area contributed by atoms with Crippen molar-refractivity contribution in [3.8, 4) is 0 Å². The molecule has 0 radical (unpaired) electrons. The van der Waals surface area contributed by atoms with Gasteiger partial charge in [0.15, 0.2) is 0 Å². The zero-order chi connectivity index (χ0) is 11.1. The molecule has 2 nitrogen and oxygen atoms in total. The van der Waals surface area contributed by atoms with Crippen LogP contribution in [0.25, 0.3) is 0 Å². The maximum absolute atomic E-state index is 13.8. The van der Waals surface area contributed by atoms with Crippen LogP contribution in [-0.4, -0.2) is 9.78 Å². The molecule has 2 unspecified atom stereocenters. The van der Waals surface area contributed by atoms with E-state index in [9.17, 15) is 4.39 Å². The summed E-state index contributed by atoms with van der Waals surface area (Å²) in [5.41, 5.74) is 2.73. The van der Waals surface area contributed by atoms with Crippen LogP contribution in [0.5, 0.6) is 0 Å². The Morgan fingerprint density at radius 2 is 2.06 bits per heavy atom. The van der Waals surface area contributed by atoms with E-state index in [1.165, 1.54) is 0 Å². The summed E-state index contributed by atoms with van der Waals surface area (Å²) in [5.74, 6) is 0. The van der Waals surface area contributed by atoms with Crippen LogP contribution in [0, 0.1) is 6.92 Å². The maximum atomic E-state index is 13.8. The van der Waals surface area contributed by atoms with Gasteiger partial charge in [-0.2, -0.15) is 5.10 Å². The molecular weight excluding hydrogens is 203 g/mol. The molecule has 0 bridgehead atoms. The number of hydrogen-bond acceptors (Lipinski definition) is 1. The van der Waals surface area contributed by atoms with Crippen LogP contribution in [0.15, 0.2) is 36.4 Å². The van der Waals surface area contributed by atoms with Crippen molar-refractivity contribution in [3.63, 3.8) is 0 Å². The van der Waals surface area contributed by atoms with Crippen molar-refractivity contribution in [1.82, 2.24) is 9.78 Å². The number of halogens is 1. The van der Waals surface area contributed by atoms with Gasteiger partial charge >= 0.3 is 0 Å². The van der Waals surface area contributed by atoms with Crippen LogP contribution in [0.2, 0.25) is 0 Å². The predicted octanol–water partition coefficient (Wildman–Crippen LogP) is 3.20. The first-order valence-corrected chi connectivity index (χ1v) is 5.51. The summed E-state index contributed by atoms with van der Waals surface area (Å²) in [6, 6.07) is 11.9. The topological polar surface area (TPSA) is 17.8 Å². The lowest BCUT2D eigenvalue weighted by atomic mass is 10.0. The summed E-state index contributed by atoms with van der Waals surface area (Å²) in [7, 11) is 0. The van der Waals surface area contributed by atoms with E-state index in [0.717, 1.165) is 11.3 Å². The zero-order valence-electron chi connectivity index (χ0n) is 9.10. The molecule has 0 N–H and O–H groups in total. The van der Waals surface area contributed by atoms with Gasteiger partial charge < -0.3 is 0 Å². The predicted molar refractivity (Wildman–Crippen MR) is 60.0 cm³/mol. The molecule has 16 heavy (non-hydrogen) atoms. The molecule has 2 atom stereocenters. The summed E-state index contributed by atoms with van der Waals surface area (Å²) < 4.78 is 15.6. The SMILES string of the molecule is Cc1cc2n(n1)C(c1ccccc1)CC2F. The van der Waals surface area contributed by atoms with Crippen molar-refractivity contribution in [2.45, 2.75) is 25.6 Å². The van der Waals surface area contributed by atoms with Gasteiger partial charge in [0.2, 0.25) is 0 Å². The van der Waals surface area contributed by atoms with Gasteiger partial charge in [0.05, 0.1) is 17.4 Å².